The van der Waals surface area contributed by atoms with Crippen LogP contribution in [0.1, 0.15) is 19.8 Å². The molecule has 7 nitrogen and oxygen atoms in total. The van der Waals surface area contributed by atoms with Gasteiger partial charge in [0.2, 0.25) is 5.95 Å². The summed E-state index contributed by atoms with van der Waals surface area (Å²) < 4.78 is 0. The van der Waals surface area contributed by atoms with Crippen LogP contribution >= 0.6 is 0 Å². The lowest BCUT2D eigenvalue weighted by Gasteiger charge is -2.35. The number of aliphatic hydroxyl groups is 1. The number of H-pyrrole nitrogens is 1. The molecule has 1 aromatic carbocycles. The number of nitrogens with zero attached hydrogens (tertiary/aromatic N) is 3. The van der Waals surface area contributed by atoms with Crippen LogP contribution in [0.3, 0.4) is 0 Å². The minimum atomic E-state index is -0.610. The monoisotopic (exact) mass is 276 g/mol. The number of piperidine rings is 1. The van der Waals surface area contributed by atoms with Gasteiger partial charge in [0, 0.05) is 25.2 Å². The van der Waals surface area contributed by atoms with Crippen molar-refractivity contribution in [2.45, 2.75) is 25.4 Å². The van der Waals surface area contributed by atoms with Crippen molar-refractivity contribution in [1.82, 2.24) is 9.97 Å². The van der Waals surface area contributed by atoms with E-state index in [9.17, 15) is 15.2 Å². The maximum absolute atomic E-state index is 10.8. The van der Waals surface area contributed by atoms with Crippen molar-refractivity contribution in [2.24, 2.45) is 0 Å². The summed E-state index contributed by atoms with van der Waals surface area (Å²) in [5.41, 5.74) is 0.810. The standard InChI is InChI=1S/C13H16N4O3/c1-13(18)4-6-16(7-5-13)12-14-10-3-2-9(17(19)20)8-11(10)15-12/h2-3,8,18H,4-7H2,1H3,(H,14,15). The molecular weight excluding hydrogens is 260 g/mol. The Morgan fingerprint density at radius 1 is 1.45 bits per heavy atom. The predicted octanol–water partition coefficient (Wildman–Crippen LogP) is 1.82. The number of benzene rings is 1. The van der Waals surface area contributed by atoms with Gasteiger partial charge in [0.1, 0.15) is 0 Å². The molecule has 3 rings (SSSR count). The van der Waals surface area contributed by atoms with Crippen LogP contribution in [-0.4, -0.2) is 38.7 Å². The lowest BCUT2D eigenvalue weighted by atomic mass is 9.94. The minimum absolute atomic E-state index is 0.0503. The Morgan fingerprint density at radius 2 is 2.15 bits per heavy atom. The number of aromatic amines is 1. The summed E-state index contributed by atoms with van der Waals surface area (Å²) in [6.45, 7) is 3.27. The fraction of sp³-hybridized carbons (Fsp3) is 0.462. The third-order valence-corrected chi connectivity index (χ3v) is 3.80. The molecule has 0 bridgehead atoms. The minimum Gasteiger partial charge on any atom is -0.390 e. The molecule has 1 aromatic heterocycles. The molecule has 1 aliphatic rings. The predicted molar refractivity (Wildman–Crippen MR) is 74.8 cm³/mol. The largest absolute Gasteiger partial charge is 0.390 e. The molecular formula is C13H16N4O3. The number of aromatic nitrogens is 2. The first kappa shape index (κ1) is 12.9. The van der Waals surface area contributed by atoms with Crippen molar-refractivity contribution in [3.05, 3.63) is 28.3 Å². The first-order valence-electron chi connectivity index (χ1n) is 6.56. The van der Waals surface area contributed by atoms with Crippen LogP contribution in [0.2, 0.25) is 0 Å². The lowest BCUT2D eigenvalue weighted by Crippen LogP contribution is -2.42. The molecule has 1 fully saturated rings. The number of nitro benzene ring substituents is 1. The molecule has 2 N–H and O–H groups in total. The van der Waals surface area contributed by atoms with Gasteiger partial charge in [-0.05, 0) is 25.8 Å². The van der Waals surface area contributed by atoms with Crippen LogP contribution < -0.4 is 4.90 Å². The molecule has 2 aromatic rings. The van der Waals surface area contributed by atoms with Gasteiger partial charge in [-0.1, -0.05) is 0 Å². The van der Waals surface area contributed by atoms with Crippen molar-refractivity contribution < 1.29 is 10.0 Å². The second kappa shape index (κ2) is 4.45. The summed E-state index contributed by atoms with van der Waals surface area (Å²) in [5, 5.41) is 20.7. The third kappa shape index (κ3) is 2.32. The molecule has 20 heavy (non-hydrogen) atoms. The molecule has 0 atom stereocenters. The van der Waals surface area contributed by atoms with E-state index in [1.165, 1.54) is 12.1 Å². The molecule has 0 radical (unpaired) electrons. The number of fused-ring (bicyclic) bond motifs is 1. The summed E-state index contributed by atoms with van der Waals surface area (Å²) in [6, 6.07) is 4.59. The van der Waals surface area contributed by atoms with Crippen LogP contribution in [0.4, 0.5) is 11.6 Å². The van der Waals surface area contributed by atoms with Crippen molar-refractivity contribution in [1.29, 1.82) is 0 Å². The molecule has 0 saturated carbocycles. The van der Waals surface area contributed by atoms with Crippen LogP contribution in [-0.2, 0) is 0 Å². The normalized spacial score (nSPS) is 18.4. The first-order valence-corrected chi connectivity index (χ1v) is 6.56. The van der Waals surface area contributed by atoms with E-state index >= 15 is 0 Å². The van der Waals surface area contributed by atoms with Gasteiger partial charge in [-0.2, -0.15) is 0 Å². The highest BCUT2D eigenvalue weighted by Gasteiger charge is 2.28. The Balaban J connectivity index is 1.88. The second-order valence-electron chi connectivity index (χ2n) is 5.50. The molecule has 0 unspecified atom stereocenters. The summed E-state index contributed by atoms with van der Waals surface area (Å²) in [7, 11) is 0. The van der Waals surface area contributed by atoms with E-state index in [-0.39, 0.29) is 5.69 Å². The average molecular weight is 276 g/mol. The van der Waals surface area contributed by atoms with E-state index in [1.807, 2.05) is 6.92 Å². The summed E-state index contributed by atoms with van der Waals surface area (Å²) in [6.07, 6.45) is 1.37. The number of nitrogens with one attached hydrogen (secondary N) is 1. The number of nitro groups is 1. The van der Waals surface area contributed by atoms with E-state index in [4.69, 9.17) is 0 Å². The molecule has 0 aliphatic carbocycles. The van der Waals surface area contributed by atoms with E-state index in [0.29, 0.717) is 29.8 Å². The average Bonchev–Trinajstić information content (AvgIpc) is 2.81. The first-order chi connectivity index (χ1) is 9.44. The van der Waals surface area contributed by atoms with Gasteiger partial charge in [0.15, 0.2) is 0 Å². The number of rotatable bonds is 2. The highest BCUT2D eigenvalue weighted by atomic mass is 16.6. The maximum atomic E-state index is 10.8. The Kier molecular flexibility index (Phi) is 2.86. The number of anilines is 1. The van der Waals surface area contributed by atoms with Crippen molar-refractivity contribution in [3.8, 4) is 0 Å². The Bertz CT molecular complexity index is 655. The highest BCUT2D eigenvalue weighted by molar-refractivity contribution is 5.80. The van der Waals surface area contributed by atoms with Gasteiger partial charge in [0.25, 0.3) is 5.69 Å². The van der Waals surface area contributed by atoms with E-state index < -0.39 is 10.5 Å². The Morgan fingerprint density at radius 3 is 2.80 bits per heavy atom. The van der Waals surface area contributed by atoms with Gasteiger partial charge in [-0.15, -0.1) is 0 Å². The van der Waals surface area contributed by atoms with Gasteiger partial charge in [-0.25, -0.2) is 4.98 Å². The SMILES string of the molecule is CC1(O)CCN(c2nc3ccc([N+](=O)[O-])cc3[nH]2)CC1. The highest BCUT2D eigenvalue weighted by Crippen LogP contribution is 2.27. The van der Waals surface area contributed by atoms with E-state index in [1.54, 1.807) is 6.07 Å². The topological polar surface area (TPSA) is 95.3 Å². The van der Waals surface area contributed by atoms with E-state index in [0.717, 1.165) is 13.1 Å². The van der Waals surface area contributed by atoms with Crippen molar-refractivity contribution in [3.63, 3.8) is 0 Å². The molecule has 2 heterocycles. The molecule has 1 aliphatic heterocycles. The zero-order valence-corrected chi connectivity index (χ0v) is 11.2. The molecule has 0 spiro atoms. The van der Waals surface area contributed by atoms with Crippen LogP contribution in [0, 0.1) is 10.1 Å². The molecule has 0 amide bonds. The zero-order chi connectivity index (χ0) is 14.3. The smallest absolute Gasteiger partial charge is 0.271 e. The van der Waals surface area contributed by atoms with Gasteiger partial charge < -0.3 is 15.0 Å². The number of hydrogen-bond acceptors (Lipinski definition) is 5. The van der Waals surface area contributed by atoms with Crippen LogP contribution in [0.5, 0.6) is 0 Å². The summed E-state index contributed by atoms with van der Waals surface area (Å²) in [5.74, 6) is 0.705. The molecule has 1 saturated heterocycles. The summed E-state index contributed by atoms with van der Waals surface area (Å²) >= 11 is 0. The molecule has 7 heteroatoms. The van der Waals surface area contributed by atoms with Crippen LogP contribution in [0.25, 0.3) is 11.0 Å². The quantitative estimate of drug-likeness (QED) is 0.644. The second-order valence-corrected chi connectivity index (χ2v) is 5.50. The third-order valence-electron chi connectivity index (χ3n) is 3.80. The number of imidazole rings is 1. The molecule has 106 valence electrons. The summed E-state index contributed by atoms with van der Waals surface area (Å²) in [4.78, 5) is 20.0. The fourth-order valence-corrected chi connectivity index (χ4v) is 2.45. The van der Waals surface area contributed by atoms with Crippen LogP contribution in [0.15, 0.2) is 18.2 Å². The Labute approximate surface area is 115 Å². The van der Waals surface area contributed by atoms with Crippen molar-refractivity contribution in [2.75, 3.05) is 18.0 Å². The van der Waals surface area contributed by atoms with Gasteiger partial charge >= 0.3 is 0 Å². The zero-order valence-electron chi connectivity index (χ0n) is 11.2. The van der Waals surface area contributed by atoms with Gasteiger partial charge in [-0.3, -0.25) is 10.1 Å². The number of hydrogen-bond donors (Lipinski definition) is 2. The maximum Gasteiger partial charge on any atom is 0.271 e. The fourth-order valence-electron chi connectivity index (χ4n) is 2.45. The van der Waals surface area contributed by atoms with Gasteiger partial charge in [0.05, 0.1) is 21.6 Å². The lowest BCUT2D eigenvalue weighted by molar-refractivity contribution is -0.384. The Hall–Kier alpha value is -2.15. The van der Waals surface area contributed by atoms with E-state index in [2.05, 4.69) is 14.9 Å². The number of non-ortho nitro benzene ring substituents is 1. The van der Waals surface area contributed by atoms with Crippen molar-refractivity contribution >= 4 is 22.7 Å².